The van der Waals surface area contributed by atoms with Crippen LogP contribution in [0.4, 0.5) is 11.4 Å². The lowest BCUT2D eigenvalue weighted by Crippen LogP contribution is -2.45. The molecular weight excluding hydrogens is 264 g/mol. The zero-order valence-corrected chi connectivity index (χ0v) is 13.5. The third-order valence-electron chi connectivity index (χ3n) is 4.13. The van der Waals surface area contributed by atoms with Gasteiger partial charge in [-0.1, -0.05) is 0 Å². The number of nitrogen functional groups attached to an aromatic ring is 1. The van der Waals surface area contributed by atoms with Crippen molar-refractivity contribution in [1.29, 1.82) is 0 Å². The van der Waals surface area contributed by atoms with Gasteiger partial charge in [-0.05, 0) is 45.1 Å². The monoisotopic (exact) mass is 290 g/mol. The molecule has 1 saturated heterocycles. The Hall–Kier alpha value is -1.75. The Kier molecular flexibility index (Phi) is 4.73. The Balaban J connectivity index is 2.33. The largest absolute Gasteiger partial charge is 0.399 e. The van der Waals surface area contributed by atoms with E-state index in [1.165, 1.54) is 6.42 Å². The summed E-state index contributed by atoms with van der Waals surface area (Å²) < 4.78 is 0. The van der Waals surface area contributed by atoms with Gasteiger partial charge in [0.2, 0.25) is 0 Å². The van der Waals surface area contributed by atoms with E-state index in [0.717, 1.165) is 30.8 Å². The number of anilines is 2. The first-order valence-corrected chi connectivity index (χ1v) is 7.42. The van der Waals surface area contributed by atoms with Gasteiger partial charge in [0.1, 0.15) is 0 Å². The first kappa shape index (κ1) is 15.6. The lowest BCUT2D eigenvalue weighted by atomic mass is 10.0. The summed E-state index contributed by atoms with van der Waals surface area (Å²) in [5, 5.41) is 0. The molecule has 0 spiro atoms. The number of likely N-dealkylation sites (N-methyl/N-ethyl adjacent to an activating group) is 1. The topological polar surface area (TPSA) is 52.8 Å². The van der Waals surface area contributed by atoms with Crippen molar-refractivity contribution in [1.82, 2.24) is 9.80 Å². The van der Waals surface area contributed by atoms with Crippen molar-refractivity contribution in [3.05, 3.63) is 23.8 Å². The third kappa shape index (κ3) is 3.47. The molecule has 1 aromatic carbocycles. The fraction of sp³-hybridized carbons (Fsp3) is 0.562. The molecule has 1 atom stereocenters. The number of carbonyl (C=O) groups is 1. The van der Waals surface area contributed by atoms with E-state index in [2.05, 4.69) is 23.9 Å². The second-order valence-electron chi connectivity index (χ2n) is 6.18. The van der Waals surface area contributed by atoms with Crippen molar-refractivity contribution in [2.75, 3.05) is 51.9 Å². The average molecular weight is 290 g/mol. The Morgan fingerprint density at radius 1 is 1.29 bits per heavy atom. The summed E-state index contributed by atoms with van der Waals surface area (Å²) in [5.74, 6) is 0.0250. The van der Waals surface area contributed by atoms with Crippen LogP contribution in [-0.4, -0.2) is 63.0 Å². The number of nitrogens with two attached hydrogens (primary N) is 1. The molecule has 0 aliphatic carbocycles. The van der Waals surface area contributed by atoms with E-state index in [-0.39, 0.29) is 5.91 Å². The first-order chi connectivity index (χ1) is 9.90. The van der Waals surface area contributed by atoms with Gasteiger partial charge in [-0.25, -0.2) is 0 Å². The van der Waals surface area contributed by atoms with Crippen LogP contribution in [0.3, 0.4) is 0 Å². The molecule has 5 heteroatoms. The van der Waals surface area contributed by atoms with Crippen molar-refractivity contribution in [3.63, 3.8) is 0 Å². The summed E-state index contributed by atoms with van der Waals surface area (Å²) in [6.45, 7) is 1.91. The van der Waals surface area contributed by atoms with Crippen LogP contribution in [0.1, 0.15) is 23.2 Å². The minimum atomic E-state index is 0.0250. The van der Waals surface area contributed by atoms with Crippen LogP contribution in [-0.2, 0) is 0 Å². The fourth-order valence-electron chi connectivity index (χ4n) is 2.83. The maximum absolute atomic E-state index is 12.4. The SMILES string of the molecule is CN(C)C(=O)c1ccc(N)cc1N1CCCC(N(C)C)C1. The van der Waals surface area contributed by atoms with Crippen LogP contribution in [0.2, 0.25) is 0 Å². The van der Waals surface area contributed by atoms with Crippen molar-refractivity contribution in [2.45, 2.75) is 18.9 Å². The predicted octanol–water partition coefficient (Wildman–Crippen LogP) is 1.50. The molecule has 0 radical (unpaired) electrons. The van der Waals surface area contributed by atoms with Gasteiger partial charge in [-0.2, -0.15) is 0 Å². The van der Waals surface area contributed by atoms with Crippen molar-refractivity contribution in [3.8, 4) is 0 Å². The van der Waals surface area contributed by atoms with Gasteiger partial charge < -0.3 is 20.4 Å². The molecule has 0 bridgehead atoms. The van der Waals surface area contributed by atoms with Gasteiger partial charge >= 0.3 is 0 Å². The van der Waals surface area contributed by atoms with E-state index in [0.29, 0.717) is 11.7 Å². The molecule has 0 aromatic heterocycles. The molecule has 2 N–H and O–H groups in total. The van der Waals surface area contributed by atoms with Crippen molar-refractivity contribution in [2.24, 2.45) is 0 Å². The summed E-state index contributed by atoms with van der Waals surface area (Å²) in [6.07, 6.45) is 2.33. The molecule has 1 unspecified atom stereocenters. The molecule has 1 aliphatic rings. The summed E-state index contributed by atoms with van der Waals surface area (Å²) in [5.41, 5.74) is 8.33. The van der Waals surface area contributed by atoms with Crippen LogP contribution >= 0.6 is 0 Å². The zero-order chi connectivity index (χ0) is 15.6. The van der Waals surface area contributed by atoms with E-state index in [9.17, 15) is 4.79 Å². The molecule has 2 rings (SSSR count). The Morgan fingerprint density at radius 3 is 2.62 bits per heavy atom. The summed E-state index contributed by atoms with van der Waals surface area (Å²) in [7, 11) is 7.78. The first-order valence-electron chi connectivity index (χ1n) is 7.42. The third-order valence-corrected chi connectivity index (χ3v) is 4.13. The Labute approximate surface area is 127 Å². The number of hydrogen-bond acceptors (Lipinski definition) is 4. The van der Waals surface area contributed by atoms with Crippen LogP contribution in [0.5, 0.6) is 0 Å². The highest BCUT2D eigenvalue weighted by Crippen LogP contribution is 2.28. The van der Waals surface area contributed by atoms with E-state index < -0.39 is 0 Å². The number of benzene rings is 1. The van der Waals surface area contributed by atoms with Crippen LogP contribution in [0.25, 0.3) is 0 Å². The molecular formula is C16H26N4O. The molecule has 1 aliphatic heterocycles. The number of rotatable bonds is 3. The fourth-order valence-corrected chi connectivity index (χ4v) is 2.83. The molecule has 1 heterocycles. The summed E-state index contributed by atoms with van der Waals surface area (Å²) in [4.78, 5) is 18.5. The van der Waals surface area contributed by atoms with Crippen molar-refractivity contribution >= 4 is 17.3 Å². The number of piperidine rings is 1. The molecule has 1 amide bonds. The highest BCUT2D eigenvalue weighted by Gasteiger charge is 2.25. The molecule has 1 fully saturated rings. The van der Waals surface area contributed by atoms with E-state index in [1.807, 2.05) is 12.1 Å². The quantitative estimate of drug-likeness (QED) is 0.857. The van der Waals surface area contributed by atoms with Gasteiger partial charge in [0.25, 0.3) is 5.91 Å². The van der Waals surface area contributed by atoms with E-state index in [4.69, 9.17) is 5.73 Å². The normalized spacial score (nSPS) is 18.9. The number of nitrogens with zero attached hydrogens (tertiary/aromatic N) is 3. The smallest absolute Gasteiger partial charge is 0.255 e. The van der Waals surface area contributed by atoms with E-state index >= 15 is 0 Å². The number of carbonyl (C=O) groups excluding carboxylic acids is 1. The highest BCUT2D eigenvalue weighted by molar-refractivity contribution is 6.00. The highest BCUT2D eigenvalue weighted by atomic mass is 16.2. The van der Waals surface area contributed by atoms with Crippen LogP contribution in [0, 0.1) is 0 Å². The lowest BCUT2D eigenvalue weighted by Gasteiger charge is -2.38. The maximum atomic E-state index is 12.4. The summed E-state index contributed by atoms with van der Waals surface area (Å²) >= 11 is 0. The maximum Gasteiger partial charge on any atom is 0.255 e. The number of hydrogen-bond donors (Lipinski definition) is 1. The van der Waals surface area contributed by atoms with Gasteiger partial charge in [-0.15, -0.1) is 0 Å². The zero-order valence-electron chi connectivity index (χ0n) is 13.5. The second-order valence-corrected chi connectivity index (χ2v) is 6.18. The lowest BCUT2D eigenvalue weighted by molar-refractivity contribution is 0.0828. The molecule has 0 saturated carbocycles. The average Bonchev–Trinajstić information content (AvgIpc) is 2.46. The standard InChI is InChI=1S/C16H26N4O/c1-18(2)13-6-5-9-20(11-13)15-10-12(17)7-8-14(15)16(21)19(3)4/h7-8,10,13H,5-6,9,11,17H2,1-4H3. The van der Waals surface area contributed by atoms with Crippen LogP contribution < -0.4 is 10.6 Å². The Morgan fingerprint density at radius 2 is 2.00 bits per heavy atom. The predicted molar refractivity (Wildman–Crippen MR) is 87.8 cm³/mol. The minimum Gasteiger partial charge on any atom is -0.399 e. The van der Waals surface area contributed by atoms with Crippen molar-refractivity contribution < 1.29 is 4.79 Å². The summed E-state index contributed by atoms with van der Waals surface area (Å²) in [6, 6.07) is 6.08. The van der Waals surface area contributed by atoms with Crippen LogP contribution in [0.15, 0.2) is 18.2 Å². The molecule has 116 valence electrons. The number of amides is 1. The van der Waals surface area contributed by atoms with Gasteiger partial charge in [-0.3, -0.25) is 4.79 Å². The van der Waals surface area contributed by atoms with Gasteiger partial charge in [0.15, 0.2) is 0 Å². The molecule has 21 heavy (non-hydrogen) atoms. The van der Waals surface area contributed by atoms with E-state index in [1.54, 1.807) is 25.1 Å². The van der Waals surface area contributed by atoms with Gasteiger partial charge in [0.05, 0.1) is 11.3 Å². The second kappa shape index (κ2) is 6.35. The molecule has 1 aromatic rings. The molecule has 5 nitrogen and oxygen atoms in total. The Bertz CT molecular complexity index is 513. The van der Waals surface area contributed by atoms with Gasteiger partial charge in [0, 0.05) is 38.9 Å². The minimum absolute atomic E-state index is 0.0250.